The maximum atomic E-state index is 14.2. The molecule has 0 unspecified atom stereocenters. The molecule has 0 saturated heterocycles. The van der Waals surface area contributed by atoms with Crippen LogP contribution in [0.5, 0.6) is 5.75 Å². The number of amides is 1. The summed E-state index contributed by atoms with van der Waals surface area (Å²) in [5.74, 6) is 0.341. The highest BCUT2D eigenvalue weighted by atomic mass is 19.1. The van der Waals surface area contributed by atoms with E-state index in [0.29, 0.717) is 41.1 Å². The number of fused-ring (bicyclic) bond motifs is 3. The van der Waals surface area contributed by atoms with Crippen molar-refractivity contribution in [1.82, 2.24) is 29.5 Å². The number of halogens is 1. The summed E-state index contributed by atoms with van der Waals surface area (Å²) in [6, 6.07) is 2.74. The lowest BCUT2D eigenvalue weighted by molar-refractivity contribution is 0.0729. The number of carbonyl (C=O) groups excluding carboxylic acids is 1. The van der Waals surface area contributed by atoms with E-state index in [0.717, 1.165) is 6.42 Å². The van der Waals surface area contributed by atoms with Crippen LogP contribution in [0.25, 0.3) is 16.6 Å². The number of aromatic nitrogens is 5. The summed E-state index contributed by atoms with van der Waals surface area (Å²) in [6.07, 6.45) is 3.29. The van der Waals surface area contributed by atoms with Gasteiger partial charge in [-0.05, 0) is 25.8 Å². The van der Waals surface area contributed by atoms with Gasteiger partial charge < -0.3 is 25.5 Å². The third-order valence-corrected chi connectivity index (χ3v) is 5.56. The second-order valence-electron chi connectivity index (χ2n) is 7.73. The van der Waals surface area contributed by atoms with Gasteiger partial charge in [-0.15, -0.1) is 5.10 Å². The van der Waals surface area contributed by atoms with Crippen molar-refractivity contribution in [3.8, 4) is 5.75 Å². The second-order valence-corrected chi connectivity index (χ2v) is 7.73. The Morgan fingerprint density at radius 3 is 2.69 bits per heavy atom. The lowest BCUT2D eigenvalue weighted by Crippen LogP contribution is -2.35. The number of carbonyl (C=O) groups is 1. The molecule has 0 aliphatic rings. The molecule has 3 heterocycles. The Hall–Kier alpha value is -3.80. The molecule has 4 rings (SSSR count). The van der Waals surface area contributed by atoms with Crippen LogP contribution in [0.3, 0.4) is 0 Å². The number of methoxy groups -OCH3 is 1. The zero-order chi connectivity index (χ0) is 25.7. The van der Waals surface area contributed by atoms with E-state index in [1.807, 2.05) is 20.8 Å². The number of benzene rings is 1. The molecule has 11 nitrogen and oxygen atoms in total. The third-order valence-electron chi connectivity index (χ3n) is 5.56. The van der Waals surface area contributed by atoms with Crippen molar-refractivity contribution in [1.29, 1.82) is 0 Å². The minimum absolute atomic E-state index is 0.0540. The highest BCUT2D eigenvalue weighted by Gasteiger charge is 2.21. The molecular formula is C23H31FN8O3. The Bertz CT molecular complexity index is 1320. The first-order chi connectivity index (χ1) is 16.8. The normalized spacial score (nSPS) is 11.9. The summed E-state index contributed by atoms with van der Waals surface area (Å²) >= 11 is 0. The van der Waals surface area contributed by atoms with Crippen LogP contribution in [0.4, 0.5) is 10.3 Å². The predicted molar refractivity (Wildman–Crippen MR) is 129 cm³/mol. The Morgan fingerprint density at radius 1 is 1.29 bits per heavy atom. The van der Waals surface area contributed by atoms with Gasteiger partial charge in [0.05, 0.1) is 19.2 Å². The van der Waals surface area contributed by atoms with Gasteiger partial charge in [-0.2, -0.15) is 4.52 Å². The molecule has 0 radical (unpaired) electrons. The van der Waals surface area contributed by atoms with Gasteiger partial charge in [0.2, 0.25) is 11.8 Å². The summed E-state index contributed by atoms with van der Waals surface area (Å²) in [5.41, 5.74) is 12.6. The number of nitrogen functional groups attached to an aromatic ring is 1. The number of hydrogen-bond acceptors (Lipinski definition) is 9. The molecule has 1 amide bonds. The minimum Gasteiger partial charge on any atom is -0.494 e. The van der Waals surface area contributed by atoms with Crippen LogP contribution in [-0.2, 0) is 13.0 Å². The van der Waals surface area contributed by atoms with Crippen LogP contribution in [-0.4, -0.2) is 55.6 Å². The highest BCUT2D eigenvalue weighted by Crippen LogP contribution is 2.27. The molecule has 0 aliphatic carbocycles. The van der Waals surface area contributed by atoms with Crippen LogP contribution in [0.1, 0.15) is 55.8 Å². The van der Waals surface area contributed by atoms with E-state index in [9.17, 15) is 9.18 Å². The molecule has 1 aromatic carbocycles. The van der Waals surface area contributed by atoms with Gasteiger partial charge in [-0.1, -0.05) is 13.8 Å². The first kappa shape index (κ1) is 25.8. The summed E-state index contributed by atoms with van der Waals surface area (Å²) in [5, 5.41) is 4.91. The number of nitrogens with two attached hydrogens (primary N) is 2. The number of aryl methyl sites for hydroxylation is 1. The smallest absolute Gasteiger partial charge is 0.275 e. The van der Waals surface area contributed by atoms with E-state index in [1.165, 1.54) is 30.0 Å². The van der Waals surface area contributed by atoms with Gasteiger partial charge in [0.1, 0.15) is 6.26 Å². The molecule has 0 spiro atoms. The van der Waals surface area contributed by atoms with Gasteiger partial charge in [-0.3, -0.25) is 4.79 Å². The zero-order valence-corrected chi connectivity index (χ0v) is 20.6. The van der Waals surface area contributed by atoms with E-state index in [-0.39, 0.29) is 35.9 Å². The summed E-state index contributed by atoms with van der Waals surface area (Å²) in [6.45, 7) is 6.08. The zero-order valence-electron chi connectivity index (χ0n) is 20.6. The SMILES string of the molecule is CC.COc1cc2nc(N)n3nc(CCC[C@H](C)N(C)C(=O)c4coc(CN)n4)nc3c2cc1F. The molecule has 0 fully saturated rings. The minimum atomic E-state index is -0.518. The summed E-state index contributed by atoms with van der Waals surface area (Å²) < 4.78 is 25.8. The van der Waals surface area contributed by atoms with Gasteiger partial charge in [-0.25, -0.2) is 19.3 Å². The molecule has 1 atom stereocenters. The van der Waals surface area contributed by atoms with Crippen LogP contribution in [0.2, 0.25) is 0 Å². The van der Waals surface area contributed by atoms with Crippen LogP contribution < -0.4 is 16.2 Å². The largest absolute Gasteiger partial charge is 0.494 e. The summed E-state index contributed by atoms with van der Waals surface area (Å²) in [4.78, 5) is 27.1. The van der Waals surface area contributed by atoms with Crippen LogP contribution >= 0.6 is 0 Å². The maximum absolute atomic E-state index is 14.2. The number of ether oxygens (including phenoxy) is 1. The number of hydrogen-bond donors (Lipinski definition) is 2. The quantitative estimate of drug-likeness (QED) is 0.383. The molecule has 188 valence electrons. The van der Waals surface area contributed by atoms with Crippen molar-refractivity contribution >= 4 is 28.4 Å². The fourth-order valence-corrected chi connectivity index (χ4v) is 3.57. The van der Waals surface area contributed by atoms with Crippen molar-refractivity contribution in [3.05, 3.63) is 41.6 Å². The maximum Gasteiger partial charge on any atom is 0.275 e. The predicted octanol–water partition coefficient (Wildman–Crippen LogP) is 2.96. The second kappa shape index (κ2) is 11.1. The van der Waals surface area contributed by atoms with Crippen molar-refractivity contribution in [2.24, 2.45) is 5.73 Å². The van der Waals surface area contributed by atoms with E-state index in [2.05, 4.69) is 20.1 Å². The molecule has 12 heteroatoms. The van der Waals surface area contributed by atoms with Crippen molar-refractivity contribution < 1.29 is 18.3 Å². The van der Waals surface area contributed by atoms with Gasteiger partial charge >= 0.3 is 0 Å². The van der Waals surface area contributed by atoms with E-state index in [1.54, 1.807) is 11.9 Å². The first-order valence-corrected chi connectivity index (χ1v) is 11.4. The van der Waals surface area contributed by atoms with E-state index in [4.69, 9.17) is 20.6 Å². The topological polar surface area (TPSA) is 151 Å². The number of rotatable bonds is 8. The Balaban J connectivity index is 0.00000167. The van der Waals surface area contributed by atoms with Gasteiger partial charge in [0.15, 0.2) is 28.7 Å². The molecule has 35 heavy (non-hydrogen) atoms. The monoisotopic (exact) mass is 486 g/mol. The number of nitrogens with zero attached hydrogens (tertiary/aromatic N) is 6. The highest BCUT2D eigenvalue weighted by molar-refractivity contribution is 5.93. The standard InChI is InChI=1S/C21H25FN8O3.C2H6/c1-11(29(2)20(31)15-10-33-18(9-23)25-15)5-4-6-17-27-19-12-7-13(22)16(32-3)8-14(12)26-21(24)30(19)28-17;1-2/h7-8,10-11H,4-6,9,23H2,1-3H3,(H2,24,26);1-2H3/t11-;/m0./s1. The third kappa shape index (κ3) is 5.32. The van der Waals surface area contributed by atoms with Crippen molar-refractivity contribution in [2.75, 3.05) is 19.9 Å². The average molecular weight is 487 g/mol. The molecule has 4 aromatic rings. The van der Waals surface area contributed by atoms with Crippen molar-refractivity contribution in [3.63, 3.8) is 0 Å². The molecule has 0 bridgehead atoms. The van der Waals surface area contributed by atoms with Gasteiger partial charge in [0.25, 0.3) is 5.91 Å². The van der Waals surface area contributed by atoms with Crippen LogP contribution in [0.15, 0.2) is 22.8 Å². The molecule has 0 saturated carbocycles. The summed E-state index contributed by atoms with van der Waals surface area (Å²) in [7, 11) is 3.10. The fourth-order valence-electron chi connectivity index (χ4n) is 3.57. The molecule has 3 aromatic heterocycles. The van der Waals surface area contributed by atoms with Crippen molar-refractivity contribution in [2.45, 2.75) is 52.6 Å². The lowest BCUT2D eigenvalue weighted by atomic mass is 10.1. The first-order valence-electron chi connectivity index (χ1n) is 11.4. The van der Waals surface area contributed by atoms with Gasteiger partial charge in [0, 0.05) is 31.0 Å². The Labute approximate surface area is 202 Å². The Morgan fingerprint density at radius 2 is 2.03 bits per heavy atom. The molecular weight excluding hydrogens is 455 g/mol. The fraction of sp³-hybridized carbons (Fsp3) is 0.435. The van der Waals surface area contributed by atoms with Crippen LogP contribution in [0, 0.1) is 5.82 Å². The molecule has 0 aliphatic heterocycles. The van der Waals surface area contributed by atoms with E-state index >= 15 is 0 Å². The number of anilines is 1. The molecule has 4 N–H and O–H groups in total. The van der Waals surface area contributed by atoms with E-state index < -0.39 is 5.82 Å². The lowest BCUT2D eigenvalue weighted by Gasteiger charge is -2.23. The Kier molecular flexibility index (Phi) is 8.18. The average Bonchev–Trinajstić information content (AvgIpc) is 3.52. The number of oxazole rings is 1.